The molecular weight excluding hydrogens is 412 g/mol. The fourth-order valence-corrected chi connectivity index (χ4v) is 4.40. The first-order valence-corrected chi connectivity index (χ1v) is 11.0. The molecule has 0 radical (unpaired) electrons. The van der Waals surface area contributed by atoms with Crippen LogP contribution in [0.25, 0.3) is 16.9 Å². The minimum Gasteiger partial charge on any atom is -0.334 e. The molecule has 8 nitrogen and oxygen atoms in total. The van der Waals surface area contributed by atoms with Crippen LogP contribution < -0.4 is 4.90 Å². The first-order chi connectivity index (χ1) is 16.4. The third kappa shape index (κ3) is 3.70. The van der Waals surface area contributed by atoms with E-state index in [1.54, 1.807) is 4.52 Å². The van der Waals surface area contributed by atoms with Gasteiger partial charge in [0.05, 0.1) is 22.6 Å². The zero-order valence-electron chi connectivity index (χ0n) is 17.9. The maximum absolute atomic E-state index is 5.00. The predicted molar refractivity (Wildman–Crippen MR) is 125 cm³/mol. The predicted octanol–water partition coefficient (Wildman–Crippen LogP) is 3.60. The summed E-state index contributed by atoms with van der Waals surface area (Å²) >= 11 is 0. The third-order valence-corrected chi connectivity index (χ3v) is 5.91. The van der Waals surface area contributed by atoms with Crippen molar-refractivity contribution in [1.82, 2.24) is 34.7 Å². The van der Waals surface area contributed by atoms with Crippen LogP contribution in [0.1, 0.15) is 17.6 Å². The summed E-state index contributed by atoms with van der Waals surface area (Å²) in [4.78, 5) is 18.9. The summed E-state index contributed by atoms with van der Waals surface area (Å²) in [6.07, 6.45) is 5.54. The van der Waals surface area contributed by atoms with Gasteiger partial charge in [0.15, 0.2) is 0 Å². The van der Waals surface area contributed by atoms with Crippen molar-refractivity contribution in [2.75, 3.05) is 18.0 Å². The Morgan fingerprint density at radius 3 is 2.55 bits per heavy atom. The summed E-state index contributed by atoms with van der Waals surface area (Å²) in [7, 11) is 0. The summed E-state index contributed by atoms with van der Waals surface area (Å²) in [5.41, 5.74) is 4.54. The second kappa shape index (κ2) is 8.40. The van der Waals surface area contributed by atoms with Crippen molar-refractivity contribution < 1.29 is 0 Å². The number of aromatic nitrogens is 6. The van der Waals surface area contributed by atoms with Crippen LogP contribution in [0.5, 0.6) is 0 Å². The number of fused-ring (bicyclic) bond motifs is 1. The van der Waals surface area contributed by atoms with E-state index in [9.17, 15) is 0 Å². The van der Waals surface area contributed by atoms with Crippen LogP contribution in [0, 0.1) is 0 Å². The molecule has 0 amide bonds. The van der Waals surface area contributed by atoms with Gasteiger partial charge in [0.25, 0.3) is 0 Å². The van der Waals surface area contributed by atoms with Crippen molar-refractivity contribution in [2.45, 2.75) is 12.7 Å². The van der Waals surface area contributed by atoms with Gasteiger partial charge < -0.3 is 4.90 Å². The van der Waals surface area contributed by atoms with Gasteiger partial charge in [-0.3, -0.25) is 14.9 Å². The largest absolute Gasteiger partial charge is 0.334 e. The molecule has 0 aliphatic carbocycles. The van der Waals surface area contributed by atoms with Gasteiger partial charge in [-0.25, -0.2) is 9.50 Å². The molecule has 5 aromatic heterocycles. The third-order valence-electron chi connectivity index (χ3n) is 5.91. The highest BCUT2D eigenvalue weighted by atomic mass is 15.4. The van der Waals surface area contributed by atoms with Crippen molar-refractivity contribution in [2.24, 2.45) is 0 Å². The molecule has 1 unspecified atom stereocenters. The van der Waals surface area contributed by atoms with Crippen LogP contribution in [0.15, 0.2) is 91.4 Å². The standard InChI is InChI=1S/C25H22N8/c1-4-13-26-19(8-1)18-31-16-17-32(25(31)21-9-2-5-14-27-21)23-12-7-10-20(28-23)24-22-11-3-6-15-33(22)30-29-24/h1-15,25H,16-18H2. The van der Waals surface area contributed by atoms with E-state index in [1.165, 1.54) is 0 Å². The van der Waals surface area contributed by atoms with Crippen molar-refractivity contribution in [3.05, 3.63) is 103 Å². The number of pyridine rings is 4. The van der Waals surface area contributed by atoms with Gasteiger partial charge in [0.1, 0.15) is 17.7 Å². The Labute approximate surface area is 191 Å². The van der Waals surface area contributed by atoms with Crippen molar-refractivity contribution in [3.8, 4) is 11.4 Å². The second-order valence-electron chi connectivity index (χ2n) is 7.96. The maximum atomic E-state index is 5.00. The molecule has 1 fully saturated rings. The van der Waals surface area contributed by atoms with Gasteiger partial charge in [-0.05, 0) is 48.5 Å². The average molecular weight is 435 g/mol. The van der Waals surface area contributed by atoms with E-state index in [0.717, 1.165) is 53.7 Å². The van der Waals surface area contributed by atoms with Gasteiger partial charge in [0, 0.05) is 38.2 Å². The molecule has 0 spiro atoms. The molecular formula is C25H22N8. The topological polar surface area (TPSA) is 75.3 Å². The van der Waals surface area contributed by atoms with Crippen molar-refractivity contribution in [3.63, 3.8) is 0 Å². The Kier molecular flexibility index (Phi) is 4.97. The highest BCUT2D eigenvalue weighted by Crippen LogP contribution is 2.34. The van der Waals surface area contributed by atoms with E-state index in [4.69, 9.17) is 4.98 Å². The van der Waals surface area contributed by atoms with E-state index >= 15 is 0 Å². The Hall–Kier alpha value is -4.17. The minimum absolute atomic E-state index is 0.0344. The summed E-state index contributed by atoms with van der Waals surface area (Å²) < 4.78 is 1.77. The quantitative estimate of drug-likeness (QED) is 0.418. The Balaban J connectivity index is 1.37. The molecule has 0 saturated carbocycles. The highest BCUT2D eigenvalue weighted by Gasteiger charge is 2.35. The van der Waals surface area contributed by atoms with Crippen LogP contribution in [-0.4, -0.2) is 47.8 Å². The lowest BCUT2D eigenvalue weighted by atomic mass is 10.2. The van der Waals surface area contributed by atoms with Gasteiger partial charge in [-0.1, -0.05) is 29.5 Å². The summed E-state index contributed by atoms with van der Waals surface area (Å²) in [6.45, 7) is 2.47. The lowest BCUT2D eigenvalue weighted by Gasteiger charge is -2.30. The molecule has 1 aliphatic heterocycles. The molecule has 33 heavy (non-hydrogen) atoms. The minimum atomic E-state index is -0.0344. The normalized spacial score (nSPS) is 16.5. The Morgan fingerprint density at radius 2 is 1.70 bits per heavy atom. The number of hydrogen-bond acceptors (Lipinski definition) is 7. The Bertz CT molecular complexity index is 1370. The highest BCUT2D eigenvalue weighted by molar-refractivity contribution is 5.74. The molecule has 0 aromatic carbocycles. The van der Waals surface area contributed by atoms with E-state index in [-0.39, 0.29) is 6.17 Å². The molecule has 162 valence electrons. The molecule has 1 saturated heterocycles. The first-order valence-electron chi connectivity index (χ1n) is 11.0. The van der Waals surface area contributed by atoms with E-state index in [1.807, 2.05) is 73.2 Å². The van der Waals surface area contributed by atoms with E-state index in [0.29, 0.717) is 0 Å². The fourth-order valence-electron chi connectivity index (χ4n) is 4.40. The number of nitrogens with zero attached hydrogens (tertiary/aromatic N) is 8. The molecule has 5 aromatic rings. The smallest absolute Gasteiger partial charge is 0.139 e. The SMILES string of the molecule is c1ccc(CN2CCN(c3cccc(-c4nnn5ccccc45)n3)C2c2ccccn2)nc1. The number of rotatable bonds is 5. The lowest BCUT2D eigenvalue weighted by Crippen LogP contribution is -2.32. The van der Waals surface area contributed by atoms with E-state index < -0.39 is 0 Å². The van der Waals surface area contributed by atoms with E-state index in [2.05, 4.69) is 48.3 Å². The molecule has 1 aliphatic rings. The second-order valence-corrected chi connectivity index (χ2v) is 7.96. The average Bonchev–Trinajstić information content (AvgIpc) is 3.50. The van der Waals surface area contributed by atoms with Gasteiger partial charge in [-0.15, -0.1) is 5.10 Å². The summed E-state index contributed by atoms with van der Waals surface area (Å²) in [5.74, 6) is 0.892. The monoisotopic (exact) mass is 434 g/mol. The van der Waals surface area contributed by atoms with Crippen molar-refractivity contribution in [1.29, 1.82) is 0 Å². The number of anilines is 1. The van der Waals surface area contributed by atoms with Crippen LogP contribution in [0.3, 0.4) is 0 Å². The summed E-state index contributed by atoms with van der Waals surface area (Å²) in [5, 5.41) is 8.61. The fraction of sp³-hybridized carbons (Fsp3) is 0.160. The van der Waals surface area contributed by atoms with Gasteiger partial charge in [0.2, 0.25) is 0 Å². The molecule has 8 heteroatoms. The van der Waals surface area contributed by atoms with Gasteiger partial charge >= 0.3 is 0 Å². The first kappa shape index (κ1) is 19.5. The van der Waals surface area contributed by atoms with Crippen molar-refractivity contribution >= 4 is 11.3 Å². The molecule has 6 rings (SSSR count). The zero-order chi connectivity index (χ0) is 22.0. The van der Waals surface area contributed by atoms with Crippen LogP contribution in [0.4, 0.5) is 5.82 Å². The molecule has 0 bridgehead atoms. The zero-order valence-corrected chi connectivity index (χ0v) is 17.9. The molecule has 1 atom stereocenters. The van der Waals surface area contributed by atoms with Crippen LogP contribution in [0.2, 0.25) is 0 Å². The lowest BCUT2D eigenvalue weighted by molar-refractivity contribution is 0.242. The summed E-state index contributed by atoms with van der Waals surface area (Å²) in [6, 6.07) is 24.1. The van der Waals surface area contributed by atoms with Crippen LogP contribution >= 0.6 is 0 Å². The van der Waals surface area contributed by atoms with Crippen LogP contribution in [-0.2, 0) is 6.54 Å². The Morgan fingerprint density at radius 1 is 0.818 bits per heavy atom. The van der Waals surface area contributed by atoms with Gasteiger partial charge in [-0.2, -0.15) is 0 Å². The molecule has 6 heterocycles. The maximum Gasteiger partial charge on any atom is 0.139 e. The molecule has 0 N–H and O–H groups in total. The number of hydrogen-bond donors (Lipinski definition) is 0.